The second-order valence-electron chi connectivity index (χ2n) is 11.5. The number of rotatable bonds is 2. The van der Waals surface area contributed by atoms with Crippen molar-refractivity contribution in [3.8, 4) is 0 Å². The van der Waals surface area contributed by atoms with Gasteiger partial charge in [0.1, 0.15) is 23.2 Å². The number of anilines is 1. The van der Waals surface area contributed by atoms with Crippen LogP contribution in [0.1, 0.15) is 65.7 Å². The highest BCUT2D eigenvalue weighted by Gasteiger charge is 2.60. The van der Waals surface area contributed by atoms with Crippen molar-refractivity contribution in [3.63, 3.8) is 0 Å². The fourth-order valence-corrected chi connectivity index (χ4v) is 8.27. The number of hydrogen-bond donors (Lipinski definition) is 1. The lowest BCUT2D eigenvalue weighted by Gasteiger charge is -2.59. The SMILES string of the molecule is CC1=C2N(C)C(=O)C(C(=O)Nc3c(F)cccc3F)C[C@]2(C)[C@@H]2CC[C@]3(C)CCC[C@H]3[C@@H]2C1. The van der Waals surface area contributed by atoms with Crippen LogP contribution in [0, 0.1) is 46.1 Å². The summed E-state index contributed by atoms with van der Waals surface area (Å²) in [5.41, 5.74) is 1.93. The highest BCUT2D eigenvalue weighted by Crippen LogP contribution is 2.65. The molecule has 1 aromatic carbocycles. The molecule has 3 aliphatic carbocycles. The van der Waals surface area contributed by atoms with Gasteiger partial charge in [0.2, 0.25) is 11.8 Å². The minimum atomic E-state index is -0.966. The molecule has 178 valence electrons. The Bertz CT molecular complexity index is 1030. The van der Waals surface area contributed by atoms with Crippen LogP contribution in [0.15, 0.2) is 29.5 Å². The highest BCUT2D eigenvalue weighted by atomic mass is 19.1. The van der Waals surface area contributed by atoms with Gasteiger partial charge in [-0.3, -0.25) is 9.59 Å². The topological polar surface area (TPSA) is 49.4 Å². The third-order valence-corrected chi connectivity index (χ3v) is 9.64. The minimum Gasteiger partial charge on any atom is -0.320 e. The van der Waals surface area contributed by atoms with Crippen LogP contribution in [0.25, 0.3) is 0 Å². The van der Waals surface area contributed by atoms with Crippen LogP contribution in [0.3, 0.4) is 0 Å². The summed E-state index contributed by atoms with van der Waals surface area (Å²) in [6.45, 7) is 6.81. The van der Waals surface area contributed by atoms with E-state index in [1.807, 2.05) is 0 Å². The second kappa shape index (κ2) is 7.64. The molecule has 2 amide bonds. The zero-order chi connectivity index (χ0) is 23.7. The molecular formula is C27H34F2N2O2. The van der Waals surface area contributed by atoms with Crippen LogP contribution in [-0.4, -0.2) is 23.8 Å². The van der Waals surface area contributed by atoms with Gasteiger partial charge in [0.05, 0.1) is 0 Å². The van der Waals surface area contributed by atoms with Crippen LogP contribution < -0.4 is 5.32 Å². The van der Waals surface area contributed by atoms with E-state index in [9.17, 15) is 18.4 Å². The molecule has 1 heterocycles. The van der Waals surface area contributed by atoms with E-state index in [0.29, 0.717) is 29.6 Å². The summed E-state index contributed by atoms with van der Waals surface area (Å²) in [4.78, 5) is 28.2. The number of benzene rings is 1. The number of nitrogens with zero attached hydrogens (tertiary/aromatic N) is 1. The fourth-order valence-electron chi connectivity index (χ4n) is 8.27. The number of carbonyl (C=O) groups excluding carboxylic acids is 2. The number of piperidine rings is 1. The van der Waals surface area contributed by atoms with Crippen LogP contribution in [0.5, 0.6) is 0 Å². The van der Waals surface area contributed by atoms with Gasteiger partial charge in [0.15, 0.2) is 0 Å². The van der Waals surface area contributed by atoms with E-state index < -0.39 is 29.1 Å². The maximum atomic E-state index is 14.2. The summed E-state index contributed by atoms with van der Waals surface area (Å²) in [6.07, 6.45) is 7.54. The third-order valence-electron chi connectivity index (χ3n) is 9.64. The number of nitrogens with one attached hydrogen (secondary N) is 1. The smallest absolute Gasteiger partial charge is 0.239 e. The van der Waals surface area contributed by atoms with E-state index in [1.165, 1.54) is 37.3 Å². The largest absolute Gasteiger partial charge is 0.320 e. The maximum Gasteiger partial charge on any atom is 0.239 e. The van der Waals surface area contributed by atoms with Gasteiger partial charge in [0, 0.05) is 18.2 Å². The Hall–Kier alpha value is -2.24. The molecule has 5 rings (SSSR count). The van der Waals surface area contributed by atoms with E-state index in [0.717, 1.165) is 30.7 Å². The van der Waals surface area contributed by atoms with Crippen molar-refractivity contribution in [2.75, 3.05) is 12.4 Å². The van der Waals surface area contributed by atoms with Gasteiger partial charge in [-0.15, -0.1) is 0 Å². The van der Waals surface area contributed by atoms with Crippen molar-refractivity contribution in [2.45, 2.75) is 65.7 Å². The second-order valence-corrected chi connectivity index (χ2v) is 11.5. The summed E-state index contributed by atoms with van der Waals surface area (Å²) in [5, 5.41) is 2.39. The van der Waals surface area contributed by atoms with Crippen LogP contribution in [0.2, 0.25) is 0 Å². The molecule has 0 radical (unpaired) electrons. The number of allylic oxidation sites excluding steroid dienone is 2. The molecule has 1 aliphatic heterocycles. The Morgan fingerprint density at radius 2 is 1.82 bits per heavy atom. The zero-order valence-electron chi connectivity index (χ0n) is 20.0. The Morgan fingerprint density at radius 1 is 1.12 bits per heavy atom. The van der Waals surface area contributed by atoms with Gasteiger partial charge in [0.25, 0.3) is 0 Å². The molecule has 2 saturated carbocycles. The molecule has 4 nitrogen and oxygen atoms in total. The Morgan fingerprint density at radius 3 is 2.52 bits per heavy atom. The average Bonchev–Trinajstić information content (AvgIpc) is 3.15. The lowest BCUT2D eigenvalue weighted by Crippen LogP contribution is -2.57. The molecule has 4 aliphatic rings. The molecule has 0 spiro atoms. The first kappa shape index (κ1) is 22.5. The average molecular weight is 457 g/mol. The predicted molar refractivity (Wildman–Crippen MR) is 123 cm³/mol. The minimum absolute atomic E-state index is 0.295. The van der Waals surface area contributed by atoms with Crippen LogP contribution in [0.4, 0.5) is 14.5 Å². The van der Waals surface area contributed by atoms with Crippen molar-refractivity contribution in [1.82, 2.24) is 4.90 Å². The van der Waals surface area contributed by atoms with Gasteiger partial charge in [-0.05, 0) is 80.8 Å². The Labute approximate surface area is 194 Å². The van der Waals surface area contributed by atoms with E-state index >= 15 is 0 Å². The molecule has 0 aromatic heterocycles. The first-order chi connectivity index (χ1) is 15.6. The van der Waals surface area contributed by atoms with Gasteiger partial charge in [-0.1, -0.05) is 31.9 Å². The molecule has 1 unspecified atom stereocenters. The number of hydrogen-bond acceptors (Lipinski definition) is 2. The summed E-state index contributed by atoms with van der Waals surface area (Å²) in [7, 11) is 1.76. The van der Waals surface area contributed by atoms with Gasteiger partial charge >= 0.3 is 0 Å². The molecule has 6 atom stereocenters. The molecule has 0 bridgehead atoms. The molecule has 1 N–H and O–H groups in total. The fraction of sp³-hybridized carbons (Fsp3) is 0.630. The lowest BCUT2D eigenvalue weighted by molar-refractivity contribution is -0.147. The summed E-state index contributed by atoms with van der Waals surface area (Å²) in [5.74, 6) is -1.91. The van der Waals surface area contributed by atoms with Crippen molar-refractivity contribution in [2.24, 2.45) is 34.5 Å². The number of para-hydroxylation sites is 1. The molecule has 3 fully saturated rings. The molecule has 1 aromatic rings. The van der Waals surface area contributed by atoms with Crippen LogP contribution >= 0.6 is 0 Å². The number of halogens is 2. The Kier molecular flexibility index (Phi) is 5.22. The summed E-state index contributed by atoms with van der Waals surface area (Å²) >= 11 is 0. The zero-order valence-corrected chi connectivity index (χ0v) is 20.0. The molecule has 33 heavy (non-hydrogen) atoms. The van der Waals surface area contributed by atoms with Crippen molar-refractivity contribution in [1.29, 1.82) is 0 Å². The van der Waals surface area contributed by atoms with Crippen molar-refractivity contribution >= 4 is 17.5 Å². The number of carbonyl (C=O) groups is 2. The third kappa shape index (κ3) is 3.27. The Balaban J connectivity index is 1.49. The van der Waals surface area contributed by atoms with Crippen LogP contribution in [-0.2, 0) is 9.59 Å². The monoisotopic (exact) mass is 456 g/mol. The lowest BCUT2D eigenvalue weighted by atomic mass is 9.48. The first-order valence-electron chi connectivity index (χ1n) is 12.3. The van der Waals surface area contributed by atoms with Crippen molar-refractivity contribution < 1.29 is 18.4 Å². The summed E-state index contributed by atoms with van der Waals surface area (Å²) in [6, 6.07) is 3.46. The quantitative estimate of drug-likeness (QED) is 0.564. The van der Waals surface area contributed by atoms with Crippen molar-refractivity contribution in [3.05, 3.63) is 41.1 Å². The maximum absolute atomic E-state index is 14.2. The summed E-state index contributed by atoms with van der Waals surface area (Å²) < 4.78 is 28.3. The number of fused-ring (bicyclic) bond motifs is 5. The van der Waals surface area contributed by atoms with E-state index in [2.05, 4.69) is 26.1 Å². The first-order valence-corrected chi connectivity index (χ1v) is 12.3. The van der Waals surface area contributed by atoms with E-state index in [1.54, 1.807) is 11.9 Å². The van der Waals surface area contributed by atoms with E-state index in [-0.39, 0.29) is 11.3 Å². The molecular weight excluding hydrogens is 422 g/mol. The predicted octanol–water partition coefficient (Wildman–Crippen LogP) is 5.90. The van der Waals surface area contributed by atoms with Gasteiger partial charge < -0.3 is 10.2 Å². The highest BCUT2D eigenvalue weighted by molar-refractivity contribution is 6.07. The van der Waals surface area contributed by atoms with Gasteiger partial charge in [-0.25, -0.2) is 8.78 Å². The number of amides is 2. The molecule has 6 heteroatoms. The van der Waals surface area contributed by atoms with E-state index in [4.69, 9.17) is 0 Å². The molecule has 1 saturated heterocycles. The normalized spacial score (nSPS) is 38.0. The van der Waals surface area contributed by atoms with Gasteiger partial charge in [-0.2, -0.15) is 0 Å². The number of likely N-dealkylation sites (tertiary alicyclic amines) is 1. The standard InChI is InChI=1S/C27H34F2N2O2/c1-15-13-16-18-7-6-11-26(18,2)12-10-19(16)27(3)14-17(25(33)31(4)23(15)27)24(32)30-22-20(28)8-5-9-21(22)29/h5,8-9,16-19H,6-7,10-14H2,1-4H3,(H,30,32)/t16-,17?,18-,19+,26-,27+/m0/s1.